The van der Waals surface area contributed by atoms with Crippen molar-refractivity contribution in [3.63, 3.8) is 0 Å². The van der Waals surface area contributed by atoms with E-state index in [1.807, 2.05) is 0 Å². The lowest BCUT2D eigenvalue weighted by Crippen LogP contribution is -2.69. The summed E-state index contributed by atoms with van der Waals surface area (Å²) in [4.78, 5) is 1.31. The molecule has 0 bridgehead atoms. The molecule has 7 nitrogen and oxygen atoms in total. The number of rotatable bonds is 4. The van der Waals surface area contributed by atoms with E-state index < -0.39 is 37.2 Å². The average Bonchev–Trinajstić information content (AvgIpc) is 2.50. The van der Waals surface area contributed by atoms with Gasteiger partial charge in [0.15, 0.2) is 11.3 Å². The highest BCUT2D eigenvalue weighted by molar-refractivity contribution is 7.80. The summed E-state index contributed by atoms with van der Waals surface area (Å²) in [5, 5.41) is 51.4. The first-order valence-electron chi connectivity index (χ1n) is 6.45. The lowest BCUT2D eigenvalue weighted by Gasteiger charge is -2.44. The second-order valence-electron chi connectivity index (χ2n) is 4.83. The number of aliphatic hydroxyl groups excluding tert-OH is 5. The fourth-order valence-corrected chi connectivity index (χ4v) is 2.60. The Morgan fingerprint density at radius 2 is 1.81 bits per heavy atom. The number of para-hydroxylation sites is 1. The molecular formula is C13H18N2O5S. The number of benzene rings is 1. The molecule has 8 heteroatoms. The molecule has 1 aliphatic rings. The van der Waals surface area contributed by atoms with Gasteiger partial charge in [-0.05, 0) is 24.4 Å². The van der Waals surface area contributed by atoms with Crippen molar-refractivity contribution in [1.82, 2.24) is 5.32 Å². The summed E-state index contributed by atoms with van der Waals surface area (Å²) in [6, 6.07) is 7.65. The van der Waals surface area contributed by atoms with Gasteiger partial charge in [0.25, 0.3) is 0 Å². The number of thiocarbonyl (C=S) groups is 1. The first-order chi connectivity index (χ1) is 9.97. The van der Waals surface area contributed by atoms with Crippen LogP contribution in [0.15, 0.2) is 30.3 Å². The summed E-state index contributed by atoms with van der Waals surface area (Å²) in [7, 11) is 0. The van der Waals surface area contributed by atoms with Crippen LogP contribution in [0.2, 0.25) is 0 Å². The lowest BCUT2D eigenvalue weighted by atomic mass is 9.96. The minimum Gasteiger partial charge on any atom is -0.394 e. The zero-order valence-corrected chi connectivity index (χ0v) is 11.9. The molecular weight excluding hydrogens is 296 g/mol. The Morgan fingerprint density at radius 1 is 1.19 bits per heavy atom. The minimum atomic E-state index is -1.48. The van der Waals surface area contributed by atoms with Crippen LogP contribution in [0.1, 0.15) is 0 Å². The van der Waals surface area contributed by atoms with Crippen molar-refractivity contribution >= 4 is 23.0 Å². The second-order valence-corrected chi connectivity index (χ2v) is 5.21. The van der Waals surface area contributed by atoms with E-state index in [2.05, 4.69) is 5.32 Å². The van der Waals surface area contributed by atoms with Gasteiger partial charge in [-0.15, -0.1) is 0 Å². The number of nitrogens with zero attached hydrogens (tertiary/aromatic N) is 1. The maximum atomic E-state index is 10.2. The number of nitrogens with one attached hydrogen (secondary N) is 1. The van der Waals surface area contributed by atoms with Crippen molar-refractivity contribution in [3.05, 3.63) is 30.3 Å². The van der Waals surface area contributed by atoms with Crippen LogP contribution in [0.4, 0.5) is 5.69 Å². The first-order valence-corrected chi connectivity index (χ1v) is 6.86. The normalized spacial score (nSPS) is 28.9. The van der Waals surface area contributed by atoms with Gasteiger partial charge in [-0.3, -0.25) is 4.90 Å². The van der Waals surface area contributed by atoms with Gasteiger partial charge in [-0.1, -0.05) is 18.2 Å². The molecule has 1 fully saturated rings. The van der Waals surface area contributed by atoms with Crippen molar-refractivity contribution in [2.75, 3.05) is 11.5 Å². The van der Waals surface area contributed by atoms with Crippen molar-refractivity contribution < 1.29 is 25.5 Å². The highest BCUT2D eigenvalue weighted by atomic mass is 32.1. The van der Waals surface area contributed by atoms with Crippen LogP contribution in [0, 0.1) is 0 Å². The monoisotopic (exact) mass is 314 g/mol. The molecule has 0 unspecified atom stereocenters. The van der Waals surface area contributed by atoms with Gasteiger partial charge in [0.2, 0.25) is 0 Å². The maximum absolute atomic E-state index is 10.2. The second kappa shape index (κ2) is 6.65. The van der Waals surface area contributed by atoms with E-state index >= 15 is 0 Å². The van der Waals surface area contributed by atoms with E-state index in [9.17, 15) is 20.4 Å². The molecule has 0 aliphatic carbocycles. The van der Waals surface area contributed by atoms with Gasteiger partial charge in [0.05, 0.1) is 12.6 Å². The van der Waals surface area contributed by atoms with Crippen LogP contribution >= 0.6 is 12.2 Å². The van der Waals surface area contributed by atoms with Crippen LogP contribution in [0.25, 0.3) is 0 Å². The van der Waals surface area contributed by atoms with Gasteiger partial charge in [0, 0.05) is 5.69 Å². The molecule has 5 atom stereocenters. The van der Waals surface area contributed by atoms with Crippen LogP contribution < -0.4 is 10.2 Å². The molecule has 0 radical (unpaired) electrons. The molecule has 0 saturated carbocycles. The zero-order valence-electron chi connectivity index (χ0n) is 11.1. The Hall–Kier alpha value is -1.29. The average molecular weight is 314 g/mol. The predicted octanol–water partition coefficient (Wildman–Crippen LogP) is -1.86. The van der Waals surface area contributed by atoms with Crippen molar-refractivity contribution in [2.45, 2.75) is 30.6 Å². The largest absolute Gasteiger partial charge is 0.394 e. The van der Waals surface area contributed by atoms with Gasteiger partial charge < -0.3 is 30.8 Å². The molecule has 1 aliphatic heterocycles. The molecule has 2 rings (SSSR count). The summed E-state index contributed by atoms with van der Waals surface area (Å²) in [5.41, 5.74) is 0.581. The molecule has 6 N–H and O–H groups in total. The fourth-order valence-electron chi connectivity index (χ4n) is 2.25. The van der Waals surface area contributed by atoms with Crippen LogP contribution in [0.5, 0.6) is 0 Å². The van der Waals surface area contributed by atoms with Crippen LogP contribution in [-0.4, -0.2) is 67.8 Å². The molecule has 21 heavy (non-hydrogen) atoms. The minimum absolute atomic E-state index is 0.105. The van der Waals surface area contributed by atoms with E-state index in [-0.39, 0.29) is 5.11 Å². The Bertz CT molecular complexity index is 489. The Kier molecular flexibility index (Phi) is 5.09. The van der Waals surface area contributed by atoms with Gasteiger partial charge in [0.1, 0.15) is 18.3 Å². The summed E-state index contributed by atoms with van der Waals surface area (Å²) < 4.78 is 0. The molecule has 116 valence electrons. The van der Waals surface area contributed by atoms with E-state index in [0.717, 1.165) is 0 Å². The standard InChI is InChI=1S/C13H18N2O5S/c16-6-8(17)10(18)9-11(19)12(20)15(13(21)14-9)7-4-2-1-3-5-7/h1-5,8-12,16-20H,6H2,(H,14,21)/t8-,9+,10-,11-,12-/m1/s1. The summed E-state index contributed by atoms with van der Waals surface area (Å²) in [6.45, 7) is -0.669. The van der Waals surface area contributed by atoms with Crippen molar-refractivity contribution in [3.8, 4) is 0 Å². The third kappa shape index (κ3) is 3.15. The third-order valence-corrected chi connectivity index (χ3v) is 3.75. The molecule has 0 amide bonds. The van der Waals surface area contributed by atoms with E-state index in [1.165, 1.54) is 4.90 Å². The predicted molar refractivity (Wildman–Crippen MR) is 79.6 cm³/mol. The molecule has 1 heterocycles. The van der Waals surface area contributed by atoms with Gasteiger partial charge in [-0.25, -0.2) is 0 Å². The van der Waals surface area contributed by atoms with E-state index in [0.29, 0.717) is 5.69 Å². The Balaban J connectivity index is 2.21. The molecule has 1 saturated heterocycles. The third-order valence-electron chi connectivity index (χ3n) is 3.43. The van der Waals surface area contributed by atoms with Crippen LogP contribution in [-0.2, 0) is 0 Å². The number of hydrogen-bond donors (Lipinski definition) is 6. The number of anilines is 1. The van der Waals surface area contributed by atoms with E-state index in [1.54, 1.807) is 30.3 Å². The molecule has 1 aromatic rings. The molecule has 0 spiro atoms. The number of hydrogen-bond acceptors (Lipinski definition) is 6. The molecule has 1 aromatic carbocycles. The quantitative estimate of drug-likeness (QED) is 0.359. The first kappa shape index (κ1) is 16.1. The smallest absolute Gasteiger partial charge is 0.176 e. The zero-order chi connectivity index (χ0) is 15.6. The highest BCUT2D eigenvalue weighted by Crippen LogP contribution is 2.24. The topological polar surface area (TPSA) is 116 Å². The lowest BCUT2D eigenvalue weighted by molar-refractivity contribution is -0.0831. The summed E-state index contributed by atoms with van der Waals surface area (Å²) in [6.07, 6.45) is -5.72. The maximum Gasteiger partial charge on any atom is 0.176 e. The van der Waals surface area contributed by atoms with Crippen molar-refractivity contribution in [2.24, 2.45) is 0 Å². The molecule has 0 aromatic heterocycles. The Labute approximate surface area is 127 Å². The number of aliphatic hydroxyl groups is 5. The SMILES string of the molecule is OC[C@@H](O)[C@@H](O)[C@@H]1NC(=S)N(c2ccccc2)[C@H](O)[C@@H]1O. The summed E-state index contributed by atoms with van der Waals surface area (Å²) >= 11 is 5.15. The van der Waals surface area contributed by atoms with Gasteiger partial charge >= 0.3 is 0 Å². The van der Waals surface area contributed by atoms with Gasteiger partial charge in [-0.2, -0.15) is 0 Å². The van der Waals surface area contributed by atoms with Crippen molar-refractivity contribution in [1.29, 1.82) is 0 Å². The fraction of sp³-hybridized carbons (Fsp3) is 0.462. The Morgan fingerprint density at radius 3 is 2.38 bits per heavy atom. The summed E-state index contributed by atoms with van der Waals surface area (Å²) in [5.74, 6) is 0. The van der Waals surface area contributed by atoms with E-state index in [4.69, 9.17) is 17.3 Å². The van der Waals surface area contributed by atoms with Crippen LogP contribution in [0.3, 0.4) is 0 Å². The highest BCUT2D eigenvalue weighted by Gasteiger charge is 2.43.